The van der Waals surface area contributed by atoms with Gasteiger partial charge in [0.05, 0.1) is 0 Å². The molecule has 0 rings (SSSR count). The van der Waals surface area contributed by atoms with Crippen LogP contribution in [0, 0.1) is 0 Å². The lowest BCUT2D eigenvalue weighted by Gasteiger charge is -2.18. The molecule has 0 bridgehead atoms. The summed E-state index contributed by atoms with van der Waals surface area (Å²) in [5, 5.41) is 0. The lowest BCUT2D eigenvalue weighted by atomic mass is 10.0. The van der Waals surface area contributed by atoms with Crippen molar-refractivity contribution in [3.05, 3.63) is 12.2 Å². The topological polar surface area (TPSA) is 78.9 Å². The molecular weight excluding hydrogens is 997 g/mol. The van der Waals surface area contributed by atoms with E-state index in [2.05, 4.69) is 32.9 Å². The molecule has 0 radical (unpaired) electrons. The van der Waals surface area contributed by atoms with Gasteiger partial charge in [0, 0.05) is 19.3 Å². The smallest absolute Gasteiger partial charge is 0.306 e. The predicted molar refractivity (Wildman–Crippen MR) is 353 cm³/mol. The van der Waals surface area contributed by atoms with Crippen LogP contribution in [0.5, 0.6) is 0 Å². The SMILES string of the molecule is CCCCCCCCCC/C=C\CCCCCCCCCCCCCC(=O)OC(COC(=O)CCCCCCCCCC)COC(=O)CCCCCCCCCCCCCCCCCCCCCCCCCCCCCCCCCC. The number of ether oxygens (including phenoxy) is 3. The van der Waals surface area contributed by atoms with Crippen LogP contribution in [0.15, 0.2) is 12.2 Å². The van der Waals surface area contributed by atoms with Gasteiger partial charge in [0.25, 0.3) is 0 Å². The first kappa shape index (κ1) is 79.2. The number of carbonyl (C=O) groups excluding carboxylic acids is 3. The Morgan fingerprint density at radius 3 is 0.617 bits per heavy atom. The average Bonchev–Trinajstić information content (AvgIpc) is 3.47. The maximum Gasteiger partial charge on any atom is 0.306 e. The third kappa shape index (κ3) is 68.8. The fourth-order valence-electron chi connectivity index (χ4n) is 11.7. The molecule has 0 aliphatic heterocycles. The highest BCUT2D eigenvalue weighted by Crippen LogP contribution is 2.20. The van der Waals surface area contributed by atoms with Gasteiger partial charge in [0.1, 0.15) is 13.2 Å². The highest BCUT2D eigenvalue weighted by atomic mass is 16.6. The van der Waals surface area contributed by atoms with Crippen LogP contribution >= 0.6 is 0 Å². The number of carbonyl (C=O) groups is 3. The second-order valence-electron chi connectivity index (χ2n) is 25.6. The van der Waals surface area contributed by atoms with Crippen molar-refractivity contribution in [1.29, 1.82) is 0 Å². The van der Waals surface area contributed by atoms with Crippen LogP contribution in [0.25, 0.3) is 0 Å². The summed E-state index contributed by atoms with van der Waals surface area (Å²) in [6.07, 6.45) is 85.8. The molecule has 0 aliphatic rings. The van der Waals surface area contributed by atoms with Crippen molar-refractivity contribution in [2.24, 2.45) is 0 Å². The van der Waals surface area contributed by atoms with E-state index < -0.39 is 6.10 Å². The molecule has 0 aromatic carbocycles. The summed E-state index contributed by atoms with van der Waals surface area (Å²) >= 11 is 0. The Labute approximate surface area is 507 Å². The van der Waals surface area contributed by atoms with Gasteiger partial charge in [-0.1, -0.05) is 380 Å². The third-order valence-electron chi connectivity index (χ3n) is 17.3. The van der Waals surface area contributed by atoms with Crippen LogP contribution in [0.1, 0.15) is 432 Å². The molecule has 81 heavy (non-hydrogen) atoms. The van der Waals surface area contributed by atoms with Gasteiger partial charge >= 0.3 is 17.9 Å². The molecule has 0 fully saturated rings. The number of unbranched alkanes of at least 4 members (excludes halogenated alkanes) is 57. The van der Waals surface area contributed by atoms with Crippen LogP contribution in [-0.4, -0.2) is 37.2 Å². The zero-order chi connectivity index (χ0) is 58.5. The highest BCUT2D eigenvalue weighted by Gasteiger charge is 2.20. The van der Waals surface area contributed by atoms with Gasteiger partial charge in [0.15, 0.2) is 6.10 Å². The largest absolute Gasteiger partial charge is 0.462 e. The van der Waals surface area contributed by atoms with Gasteiger partial charge in [0.2, 0.25) is 0 Å². The van der Waals surface area contributed by atoms with E-state index in [0.29, 0.717) is 19.3 Å². The van der Waals surface area contributed by atoms with Gasteiger partial charge < -0.3 is 14.2 Å². The van der Waals surface area contributed by atoms with Crippen LogP contribution < -0.4 is 0 Å². The zero-order valence-corrected chi connectivity index (χ0v) is 55.4. The van der Waals surface area contributed by atoms with Crippen molar-refractivity contribution < 1.29 is 28.6 Å². The van der Waals surface area contributed by atoms with Gasteiger partial charge in [-0.25, -0.2) is 0 Å². The molecule has 0 spiro atoms. The Morgan fingerprint density at radius 1 is 0.235 bits per heavy atom. The summed E-state index contributed by atoms with van der Waals surface area (Å²) in [7, 11) is 0. The molecule has 0 aromatic heterocycles. The number of hydrogen-bond acceptors (Lipinski definition) is 6. The fraction of sp³-hybridized carbons (Fsp3) is 0.933. The van der Waals surface area contributed by atoms with Crippen molar-refractivity contribution in [1.82, 2.24) is 0 Å². The summed E-state index contributed by atoms with van der Waals surface area (Å²) in [5.41, 5.74) is 0. The summed E-state index contributed by atoms with van der Waals surface area (Å²) in [6, 6.07) is 0. The monoisotopic (exact) mass is 1140 g/mol. The molecule has 480 valence electrons. The minimum atomic E-state index is -0.766. The Balaban J connectivity index is 3.99. The lowest BCUT2D eigenvalue weighted by molar-refractivity contribution is -0.167. The summed E-state index contributed by atoms with van der Waals surface area (Å²) in [5.74, 6) is -0.836. The second-order valence-corrected chi connectivity index (χ2v) is 25.6. The van der Waals surface area contributed by atoms with Gasteiger partial charge in [-0.15, -0.1) is 0 Å². The third-order valence-corrected chi connectivity index (χ3v) is 17.3. The first-order chi connectivity index (χ1) is 40.0. The number of rotatable bonds is 70. The molecule has 0 saturated carbocycles. The summed E-state index contributed by atoms with van der Waals surface area (Å²) in [4.78, 5) is 38.3. The molecule has 0 aliphatic carbocycles. The van der Waals surface area contributed by atoms with Gasteiger partial charge in [-0.2, -0.15) is 0 Å². The lowest BCUT2D eigenvalue weighted by Crippen LogP contribution is -2.30. The Bertz CT molecular complexity index is 1260. The molecule has 0 heterocycles. The van der Waals surface area contributed by atoms with E-state index in [1.807, 2.05) is 0 Å². The Morgan fingerprint density at radius 2 is 0.407 bits per heavy atom. The molecule has 0 saturated heterocycles. The number of allylic oxidation sites excluding steroid dienone is 2. The molecular formula is C75H144O6. The van der Waals surface area contributed by atoms with E-state index in [4.69, 9.17) is 14.2 Å². The molecule has 0 amide bonds. The van der Waals surface area contributed by atoms with E-state index in [0.717, 1.165) is 57.8 Å². The Hall–Kier alpha value is -1.85. The van der Waals surface area contributed by atoms with E-state index >= 15 is 0 Å². The first-order valence-corrected chi connectivity index (χ1v) is 37.2. The quantitative estimate of drug-likeness (QED) is 0.0261. The first-order valence-electron chi connectivity index (χ1n) is 37.2. The minimum absolute atomic E-state index is 0.0638. The van der Waals surface area contributed by atoms with Crippen molar-refractivity contribution in [2.75, 3.05) is 13.2 Å². The van der Waals surface area contributed by atoms with E-state index in [1.54, 1.807) is 0 Å². The maximum atomic E-state index is 12.9. The molecule has 6 nitrogen and oxygen atoms in total. The minimum Gasteiger partial charge on any atom is -0.462 e. The molecule has 1 atom stereocenters. The summed E-state index contributed by atoms with van der Waals surface area (Å²) in [6.45, 7) is 6.70. The standard InChI is InChI=1S/C75H144O6/c1-4-7-10-13-16-19-21-23-25-27-29-31-33-34-35-36-37-38-39-40-41-43-44-46-48-50-52-54-56-59-62-65-68-74(77)80-71-72(70-79-73(76)67-64-61-58-18-15-12-9-6-3)81-75(78)69-66-63-60-57-55-53-51-49-47-45-42-32-30-28-26-24-22-20-17-14-11-8-5-2/h28,30,72H,4-27,29,31-71H2,1-3H3/b30-28-. The van der Waals surface area contributed by atoms with Gasteiger partial charge in [-0.3, -0.25) is 14.4 Å². The molecule has 6 heteroatoms. The second kappa shape index (κ2) is 70.6. The van der Waals surface area contributed by atoms with Crippen LogP contribution in [0.4, 0.5) is 0 Å². The Kier molecular flexibility index (Phi) is 69.0. The predicted octanol–water partition coefficient (Wildman–Crippen LogP) is 25.6. The maximum absolute atomic E-state index is 12.9. The zero-order valence-electron chi connectivity index (χ0n) is 55.4. The van der Waals surface area contributed by atoms with Crippen LogP contribution in [-0.2, 0) is 28.6 Å². The number of hydrogen-bond donors (Lipinski definition) is 0. The van der Waals surface area contributed by atoms with Gasteiger partial charge in [-0.05, 0) is 44.9 Å². The molecule has 0 N–H and O–H groups in total. The van der Waals surface area contributed by atoms with Crippen LogP contribution in [0.2, 0.25) is 0 Å². The van der Waals surface area contributed by atoms with Crippen molar-refractivity contribution >= 4 is 17.9 Å². The average molecular weight is 1140 g/mol. The van der Waals surface area contributed by atoms with Crippen molar-refractivity contribution in [2.45, 2.75) is 438 Å². The fourth-order valence-corrected chi connectivity index (χ4v) is 11.7. The van der Waals surface area contributed by atoms with E-state index in [9.17, 15) is 14.4 Å². The highest BCUT2D eigenvalue weighted by molar-refractivity contribution is 5.71. The van der Waals surface area contributed by atoms with E-state index in [1.165, 1.54) is 334 Å². The normalized spacial score (nSPS) is 12.0. The summed E-state index contributed by atoms with van der Waals surface area (Å²) < 4.78 is 16.9. The molecule has 0 aromatic rings. The van der Waals surface area contributed by atoms with E-state index in [-0.39, 0.29) is 31.1 Å². The number of esters is 3. The van der Waals surface area contributed by atoms with Crippen LogP contribution in [0.3, 0.4) is 0 Å². The molecule has 1 unspecified atom stereocenters. The van der Waals surface area contributed by atoms with Crippen molar-refractivity contribution in [3.63, 3.8) is 0 Å². The van der Waals surface area contributed by atoms with Crippen molar-refractivity contribution in [3.8, 4) is 0 Å².